The number of aliphatic hydroxyl groups is 2. The largest absolute Gasteiger partial charge is 0.497 e. The van der Waals surface area contributed by atoms with Gasteiger partial charge in [-0.05, 0) is 56.3 Å². The second-order valence-corrected chi connectivity index (χ2v) is 8.07. The summed E-state index contributed by atoms with van der Waals surface area (Å²) in [5.41, 5.74) is -0.941. The van der Waals surface area contributed by atoms with E-state index in [2.05, 4.69) is 5.32 Å². The van der Waals surface area contributed by atoms with E-state index in [9.17, 15) is 15.0 Å². The number of hydrogen-bond acceptors (Lipinski definition) is 5. The Morgan fingerprint density at radius 1 is 1.19 bits per heavy atom. The highest BCUT2D eigenvalue weighted by molar-refractivity contribution is 5.86. The number of ether oxygens (including phenoxy) is 1. The zero-order chi connectivity index (χ0) is 19.3. The molecule has 1 aliphatic heterocycles. The van der Waals surface area contributed by atoms with Gasteiger partial charge >= 0.3 is 0 Å². The van der Waals surface area contributed by atoms with Crippen LogP contribution in [-0.4, -0.2) is 59.0 Å². The number of hydrogen-bond donors (Lipinski definition) is 3. The van der Waals surface area contributed by atoms with Crippen molar-refractivity contribution in [3.63, 3.8) is 0 Å². The van der Waals surface area contributed by atoms with Gasteiger partial charge in [-0.25, -0.2) is 0 Å². The van der Waals surface area contributed by atoms with Crippen LogP contribution in [0.4, 0.5) is 0 Å². The van der Waals surface area contributed by atoms with Gasteiger partial charge in [-0.2, -0.15) is 0 Å². The minimum Gasteiger partial charge on any atom is -0.497 e. The average molecular weight is 376 g/mol. The molecule has 1 saturated heterocycles. The first-order valence-corrected chi connectivity index (χ1v) is 10.0. The number of amides is 1. The topological polar surface area (TPSA) is 82.0 Å². The van der Waals surface area contributed by atoms with Crippen LogP contribution in [0.25, 0.3) is 0 Å². The Morgan fingerprint density at radius 2 is 1.96 bits per heavy atom. The Balaban J connectivity index is 1.53. The van der Waals surface area contributed by atoms with Gasteiger partial charge in [0.05, 0.1) is 12.7 Å². The van der Waals surface area contributed by atoms with Crippen molar-refractivity contribution in [2.45, 2.75) is 62.7 Å². The zero-order valence-electron chi connectivity index (χ0n) is 16.2. The molecule has 0 bridgehead atoms. The van der Waals surface area contributed by atoms with E-state index in [-0.39, 0.29) is 12.5 Å². The van der Waals surface area contributed by atoms with Crippen molar-refractivity contribution < 1.29 is 19.7 Å². The second-order valence-electron chi connectivity index (χ2n) is 8.07. The molecule has 3 rings (SSSR count). The molecule has 0 aromatic heterocycles. The van der Waals surface area contributed by atoms with E-state index < -0.39 is 11.2 Å². The lowest BCUT2D eigenvalue weighted by Crippen LogP contribution is -2.57. The Bertz CT molecular complexity index is 645. The third-order valence-electron chi connectivity index (χ3n) is 5.93. The third-order valence-corrected chi connectivity index (χ3v) is 5.93. The Kier molecular flexibility index (Phi) is 6.40. The fourth-order valence-corrected chi connectivity index (χ4v) is 4.27. The number of carbonyl (C=O) groups is 1. The monoisotopic (exact) mass is 376 g/mol. The Morgan fingerprint density at radius 3 is 2.70 bits per heavy atom. The fourth-order valence-electron chi connectivity index (χ4n) is 4.27. The minimum absolute atomic E-state index is 0.219. The van der Waals surface area contributed by atoms with Gasteiger partial charge in [-0.3, -0.25) is 4.79 Å². The summed E-state index contributed by atoms with van der Waals surface area (Å²) in [7, 11) is 1.62. The number of piperidine rings is 1. The summed E-state index contributed by atoms with van der Waals surface area (Å²) in [6.45, 7) is 1.97. The maximum Gasteiger partial charge on any atom is 0.256 e. The van der Waals surface area contributed by atoms with Crippen molar-refractivity contribution in [1.29, 1.82) is 0 Å². The lowest BCUT2D eigenvalue weighted by molar-refractivity contribution is -0.157. The molecule has 1 aliphatic carbocycles. The summed E-state index contributed by atoms with van der Waals surface area (Å²) in [5.74, 6) is 0.544. The lowest BCUT2D eigenvalue weighted by atomic mass is 9.91. The van der Waals surface area contributed by atoms with Gasteiger partial charge in [0.15, 0.2) is 5.60 Å². The molecular formula is C21H32N2O4. The molecule has 2 fully saturated rings. The molecule has 1 amide bonds. The van der Waals surface area contributed by atoms with E-state index in [1.807, 2.05) is 24.3 Å². The fraction of sp³-hybridized carbons (Fsp3) is 0.667. The average Bonchev–Trinajstić information content (AvgIpc) is 3.10. The number of carbonyl (C=O) groups excluding carboxylic acids is 1. The lowest BCUT2D eigenvalue weighted by Gasteiger charge is -2.38. The normalized spacial score (nSPS) is 25.0. The molecular weight excluding hydrogens is 344 g/mol. The van der Waals surface area contributed by atoms with E-state index >= 15 is 0 Å². The van der Waals surface area contributed by atoms with Crippen LogP contribution in [0.1, 0.15) is 50.5 Å². The first-order chi connectivity index (χ1) is 12.9. The molecule has 1 aromatic rings. The van der Waals surface area contributed by atoms with E-state index in [4.69, 9.17) is 4.74 Å². The summed E-state index contributed by atoms with van der Waals surface area (Å²) in [4.78, 5) is 14.6. The maximum absolute atomic E-state index is 12.9. The number of benzene rings is 1. The van der Waals surface area contributed by atoms with Gasteiger partial charge in [0.1, 0.15) is 5.75 Å². The number of likely N-dealkylation sites (tertiary alicyclic amines) is 1. The molecule has 1 atom stereocenters. The molecule has 1 unspecified atom stereocenters. The minimum atomic E-state index is -1.37. The first kappa shape index (κ1) is 20.1. The molecule has 3 N–H and O–H groups in total. The second kappa shape index (κ2) is 8.59. The molecule has 6 nitrogen and oxygen atoms in total. The third kappa shape index (κ3) is 5.00. The van der Waals surface area contributed by atoms with E-state index in [0.717, 1.165) is 43.4 Å². The van der Waals surface area contributed by atoms with E-state index in [0.29, 0.717) is 32.5 Å². The SMILES string of the molecule is COc1cccc(CN2CCCC(O)(CNCCC3(O)CCCC3)C2=O)c1. The van der Waals surface area contributed by atoms with E-state index in [1.165, 1.54) is 0 Å². The molecule has 2 aliphatic rings. The summed E-state index contributed by atoms with van der Waals surface area (Å²) in [6.07, 6.45) is 5.79. The van der Waals surface area contributed by atoms with Gasteiger partial charge in [0, 0.05) is 19.6 Å². The molecule has 1 saturated carbocycles. The summed E-state index contributed by atoms with van der Waals surface area (Å²) in [5, 5.41) is 24.5. The van der Waals surface area contributed by atoms with E-state index in [1.54, 1.807) is 12.0 Å². The smallest absolute Gasteiger partial charge is 0.256 e. The van der Waals surface area contributed by atoms with Gasteiger partial charge in [-0.15, -0.1) is 0 Å². The molecule has 1 heterocycles. The molecule has 1 aromatic carbocycles. The van der Waals surface area contributed by atoms with Crippen LogP contribution in [0.3, 0.4) is 0 Å². The zero-order valence-corrected chi connectivity index (χ0v) is 16.2. The van der Waals surface area contributed by atoms with Crippen LogP contribution in [0, 0.1) is 0 Å². The van der Waals surface area contributed by atoms with Crippen molar-refractivity contribution in [3.05, 3.63) is 29.8 Å². The van der Waals surface area contributed by atoms with Gasteiger partial charge in [0.2, 0.25) is 0 Å². The van der Waals surface area contributed by atoms with Crippen LogP contribution < -0.4 is 10.1 Å². The first-order valence-electron chi connectivity index (χ1n) is 10.0. The predicted molar refractivity (Wildman–Crippen MR) is 103 cm³/mol. The molecule has 150 valence electrons. The number of methoxy groups -OCH3 is 1. The van der Waals surface area contributed by atoms with Crippen molar-refractivity contribution in [2.75, 3.05) is 26.7 Å². The van der Waals surface area contributed by atoms with Crippen LogP contribution >= 0.6 is 0 Å². The number of nitrogens with zero attached hydrogens (tertiary/aromatic N) is 1. The summed E-state index contributed by atoms with van der Waals surface area (Å²) < 4.78 is 5.24. The highest BCUT2D eigenvalue weighted by Crippen LogP contribution is 2.32. The van der Waals surface area contributed by atoms with Gasteiger partial charge in [-0.1, -0.05) is 25.0 Å². The number of rotatable bonds is 8. The number of nitrogens with one attached hydrogen (secondary N) is 1. The van der Waals surface area contributed by atoms with Crippen molar-refractivity contribution in [2.24, 2.45) is 0 Å². The van der Waals surface area contributed by atoms with Crippen LogP contribution in [0.15, 0.2) is 24.3 Å². The highest BCUT2D eigenvalue weighted by atomic mass is 16.5. The quantitative estimate of drug-likeness (QED) is 0.603. The summed E-state index contributed by atoms with van der Waals surface area (Å²) >= 11 is 0. The highest BCUT2D eigenvalue weighted by Gasteiger charge is 2.42. The molecule has 0 radical (unpaired) electrons. The van der Waals surface area contributed by atoms with Crippen LogP contribution in [0.5, 0.6) is 5.75 Å². The van der Waals surface area contributed by atoms with Crippen LogP contribution in [0.2, 0.25) is 0 Å². The van der Waals surface area contributed by atoms with Gasteiger partial charge in [0.25, 0.3) is 5.91 Å². The Labute approximate surface area is 161 Å². The maximum atomic E-state index is 12.9. The van der Waals surface area contributed by atoms with Crippen molar-refractivity contribution in [3.8, 4) is 5.75 Å². The standard InChI is InChI=1S/C21H32N2O4/c1-27-18-7-4-6-17(14-18)15-23-13-5-10-21(26,19(23)24)16-22-12-11-20(25)8-2-3-9-20/h4,6-7,14,22,25-26H,2-3,5,8-13,15-16H2,1H3. The Hall–Kier alpha value is -1.63. The van der Waals surface area contributed by atoms with Crippen LogP contribution in [-0.2, 0) is 11.3 Å². The summed E-state index contributed by atoms with van der Waals surface area (Å²) in [6, 6.07) is 7.66. The molecule has 6 heteroatoms. The van der Waals surface area contributed by atoms with Gasteiger partial charge < -0.3 is 25.2 Å². The molecule has 0 spiro atoms. The molecule has 27 heavy (non-hydrogen) atoms. The van der Waals surface area contributed by atoms with Crippen molar-refractivity contribution >= 4 is 5.91 Å². The predicted octanol–water partition coefficient (Wildman–Crippen LogP) is 1.83. The van der Waals surface area contributed by atoms with Crippen molar-refractivity contribution in [1.82, 2.24) is 10.2 Å².